The van der Waals surface area contributed by atoms with Gasteiger partial charge in [-0.3, -0.25) is 10.1 Å². The van der Waals surface area contributed by atoms with Crippen LogP contribution < -0.4 is 10.6 Å². The van der Waals surface area contributed by atoms with E-state index in [1.807, 2.05) is 19.1 Å². The van der Waals surface area contributed by atoms with Gasteiger partial charge in [0.05, 0.1) is 6.54 Å². The zero-order valence-corrected chi connectivity index (χ0v) is 10.5. The van der Waals surface area contributed by atoms with Crippen molar-refractivity contribution in [3.8, 4) is 0 Å². The summed E-state index contributed by atoms with van der Waals surface area (Å²) in [6.45, 7) is 2.43. The van der Waals surface area contributed by atoms with E-state index in [1.165, 1.54) is 4.88 Å². The Morgan fingerprint density at radius 2 is 2.19 bits per heavy atom. The van der Waals surface area contributed by atoms with E-state index < -0.39 is 6.03 Å². The van der Waals surface area contributed by atoms with Gasteiger partial charge in [0.1, 0.15) is 0 Å². The molecule has 0 bridgehead atoms. The Morgan fingerprint density at radius 1 is 1.44 bits per heavy atom. The minimum atomic E-state index is -0.485. The average Bonchev–Trinajstić information content (AvgIpc) is 2.61. The largest absolute Gasteiger partial charge is 0.333 e. The standard InChI is InChI=1S/C10H13ClN2O2S/c1-7-2-3-8(16-7)6-12-10(15)13-9(14)4-5-11/h2-3H,4-6H2,1H3,(H2,12,13,14,15). The molecule has 0 fully saturated rings. The summed E-state index contributed by atoms with van der Waals surface area (Å²) in [4.78, 5) is 24.5. The van der Waals surface area contributed by atoms with Crippen LogP contribution in [0.2, 0.25) is 0 Å². The van der Waals surface area contributed by atoms with Crippen molar-refractivity contribution in [1.29, 1.82) is 0 Å². The number of imide groups is 1. The van der Waals surface area contributed by atoms with Crippen LogP contribution in [0.3, 0.4) is 0 Å². The van der Waals surface area contributed by atoms with Crippen LogP contribution in [-0.4, -0.2) is 17.8 Å². The Labute approximate surface area is 103 Å². The molecule has 0 saturated carbocycles. The van der Waals surface area contributed by atoms with Crippen molar-refractivity contribution in [3.05, 3.63) is 21.9 Å². The van der Waals surface area contributed by atoms with Crippen molar-refractivity contribution in [3.63, 3.8) is 0 Å². The van der Waals surface area contributed by atoms with Crippen LogP contribution in [0.5, 0.6) is 0 Å². The highest BCUT2D eigenvalue weighted by molar-refractivity contribution is 7.11. The molecule has 0 aliphatic carbocycles. The minimum absolute atomic E-state index is 0.146. The summed E-state index contributed by atoms with van der Waals surface area (Å²) in [6.07, 6.45) is 0.146. The lowest BCUT2D eigenvalue weighted by molar-refractivity contribution is -0.119. The minimum Gasteiger partial charge on any atom is -0.333 e. The first-order chi connectivity index (χ1) is 7.61. The lowest BCUT2D eigenvalue weighted by Gasteiger charge is -2.04. The first-order valence-electron chi connectivity index (χ1n) is 4.81. The van der Waals surface area contributed by atoms with Crippen molar-refractivity contribution in [2.45, 2.75) is 19.9 Å². The number of carbonyl (C=O) groups is 2. The molecule has 6 heteroatoms. The predicted molar refractivity (Wildman–Crippen MR) is 64.8 cm³/mol. The van der Waals surface area contributed by atoms with Crippen molar-refractivity contribution in [2.75, 3.05) is 5.88 Å². The summed E-state index contributed by atoms with van der Waals surface area (Å²) in [5.41, 5.74) is 0. The van der Waals surface area contributed by atoms with E-state index in [4.69, 9.17) is 11.6 Å². The number of hydrogen-bond donors (Lipinski definition) is 2. The zero-order chi connectivity index (χ0) is 12.0. The molecule has 0 spiro atoms. The number of carbonyl (C=O) groups excluding carboxylic acids is 2. The van der Waals surface area contributed by atoms with Gasteiger partial charge in [-0.15, -0.1) is 22.9 Å². The molecule has 0 saturated heterocycles. The molecule has 0 aromatic carbocycles. The SMILES string of the molecule is Cc1ccc(CNC(=O)NC(=O)CCCl)s1. The molecule has 3 amide bonds. The van der Waals surface area contributed by atoms with Crippen LogP contribution in [0.1, 0.15) is 16.2 Å². The van der Waals surface area contributed by atoms with Crippen molar-refractivity contribution < 1.29 is 9.59 Å². The molecule has 0 radical (unpaired) electrons. The summed E-state index contributed by atoms with van der Waals surface area (Å²) >= 11 is 6.98. The maximum Gasteiger partial charge on any atom is 0.321 e. The molecule has 1 heterocycles. The third-order valence-corrected chi connectivity index (χ3v) is 2.98. The summed E-state index contributed by atoms with van der Waals surface area (Å²) in [6, 6.07) is 3.44. The number of rotatable bonds is 4. The van der Waals surface area contributed by atoms with Crippen LogP contribution >= 0.6 is 22.9 Å². The van der Waals surface area contributed by atoms with E-state index in [0.29, 0.717) is 6.54 Å². The summed E-state index contributed by atoms with van der Waals surface area (Å²) < 4.78 is 0. The fraction of sp³-hybridized carbons (Fsp3) is 0.400. The first kappa shape index (κ1) is 13.0. The third kappa shape index (κ3) is 4.63. The molecule has 1 rings (SSSR count). The van der Waals surface area contributed by atoms with Gasteiger partial charge >= 0.3 is 6.03 Å². The Hall–Kier alpha value is -1.07. The molecule has 16 heavy (non-hydrogen) atoms. The number of urea groups is 1. The van der Waals surface area contributed by atoms with Crippen LogP contribution in [-0.2, 0) is 11.3 Å². The van der Waals surface area contributed by atoms with Gasteiger partial charge in [0.25, 0.3) is 0 Å². The topological polar surface area (TPSA) is 58.2 Å². The van der Waals surface area contributed by atoms with Crippen LogP contribution in [0.4, 0.5) is 4.79 Å². The Kier molecular flexibility index (Phi) is 5.28. The van der Waals surface area contributed by atoms with Crippen molar-refractivity contribution in [1.82, 2.24) is 10.6 Å². The summed E-state index contributed by atoms with van der Waals surface area (Å²) in [7, 11) is 0. The maximum atomic E-state index is 11.2. The quantitative estimate of drug-likeness (QED) is 0.814. The van der Waals surface area contributed by atoms with Gasteiger partial charge in [-0.05, 0) is 19.1 Å². The van der Waals surface area contributed by atoms with E-state index >= 15 is 0 Å². The Balaban J connectivity index is 2.27. The van der Waals surface area contributed by atoms with Gasteiger partial charge in [0, 0.05) is 22.1 Å². The van der Waals surface area contributed by atoms with Crippen molar-refractivity contribution in [2.24, 2.45) is 0 Å². The number of alkyl halides is 1. The van der Waals surface area contributed by atoms with Crippen LogP contribution in [0, 0.1) is 6.92 Å². The van der Waals surface area contributed by atoms with Crippen LogP contribution in [0.25, 0.3) is 0 Å². The number of halogens is 1. The lowest BCUT2D eigenvalue weighted by Crippen LogP contribution is -2.38. The number of amides is 3. The Morgan fingerprint density at radius 3 is 2.75 bits per heavy atom. The molecule has 0 aliphatic rings. The molecule has 4 nitrogen and oxygen atoms in total. The average molecular weight is 261 g/mol. The van der Waals surface area contributed by atoms with Gasteiger partial charge in [0.15, 0.2) is 0 Å². The molecular weight excluding hydrogens is 248 g/mol. The second-order valence-corrected chi connectivity index (χ2v) is 4.93. The monoisotopic (exact) mass is 260 g/mol. The smallest absolute Gasteiger partial charge is 0.321 e. The molecule has 88 valence electrons. The Bertz CT molecular complexity index is 379. The molecular formula is C10H13ClN2O2S. The maximum absolute atomic E-state index is 11.2. The number of thiophene rings is 1. The highest BCUT2D eigenvalue weighted by atomic mass is 35.5. The zero-order valence-electron chi connectivity index (χ0n) is 8.88. The van der Waals surface area contributed by atoms with E-state index in [1.54, 1.807) is 11.3 Å². The second kappa shape index (κ2) is 6.50. The van der Waals surface area contributed by atoms with Gasteiger partial charge in [0.2, 0.25) is 5.91 Å². The van der Waals surface area contributed by atoms with E-state index in [-0.39, 0.29) is 18.2 Å². The molecule has 1 aromatic heterocycles. The molecule has 0 unspecified atom stereocenters. The highest BCUT2D eigenvalue weighted by Gasteiger charge is 2.06. The fourth-order valence-corrected chi connectivity index (χ4v) is 2.07. The third-order valence-electron chi connectivity index (χ3n) is 1.79. The fourth-order valence-electron chi connectivity index (χ4n) is 1.07. The van der Waals surface area contributed by atoms with E-state index in [2.05, 4.69) is 10.6 Å². The van der Waals surface area contributed by atoms with E-state index in [0.717, 1.165) is 4.88 Å². The van der Waals surface area contributed by atoms with Gasteiger partial charge < -0.3 is 5.32 Å². The highest BCUT2D eigenvalue weighted by Crippen LogP contribution is 2.14. The lowest BCUT2D eigenvalue weighted by atomic mass is 10.4. The first-order valence-corrected chi connectivity index (χ1v) is 6.16. The van der Waals surface area contributed by atoms with Gasteiger partial charge in [-0.2, -0.15) is 0 Å². The normalized spacial score (nSPS) is 9.88. The summed E-state index contributed by atoms with van der Waals surface area (Å²) in [5, 5.41) is 4.79. The number of hydrogen-bond acceptors (Lipinski definition) is 3. The molecule has 1 aromatic rings. The van der Waals surface area contributed by atoms with Gasteiger partial charge in [-0.25, -0.2) is 4.79 Å². The molecule has 2 N–H and O–H groups in total. The van der Waals surface area contributed by atoms with Crippen LogP contribution in [0.15, 0.2) is 12.1 Å². The summed E-state index contributed by atoms with van der Waals surface area (Å²) in [5.74, 6) is -0.154. The van der Waals surface area contributed by atoms with Crippen molar-refractivity contribution >= 4 is 34.9 Å². The molecule has 0 aliphatic heterocycles. The second-order valence-electron chi connectivity index (χ2n) is 3.18. The van der Waals surface area contributed by atoms with E-state index in [9.17, 15) is 9.59 Å². The number of nitrogens with one attached hydrogen (secondary N) is 2. The molecule has 0 atom stereocenters. The predicted octanol–water partition coefficient (Wildman–Crippen LogP) is 2.01. The number of aryl methyl sites for hydroxylation is 1. The van der Waals surface area contributed by atoms with Gasteiger partial charge in [-0.1, -0.05) is 0 Å².